The van der Waals surface area contributed by atoms with Gasteiger partial charge in [0.2, 0.25) is 0 Å². The fraction of sp³-hybridized carbons (Fsp3) is 0.333. The molecular weight excluding hydrogens is 160 g/mol. The molecule has 0 saturated carbocycles. The molecule has 0 rings (SSSR count). The number of carbonyl (C=O) groups excluding carboxylic acids is 1. The van der Waals surface area contributed by atoms with E-state index in [1.54, 1.807) is 0 Å². The third-order valence-corrected chi connectivity index (χ3v) is 0.368. The van der Waals surface area contributed by atoms with Crippen molar-refractivity contribution in [3.05, 3.63) is 0 Å². The van der Waals surface area contributed by atoms with Crippen molar-refractivity contribution in [1.29, 1.82) is 0 Å². The van der Waals surface area contributed by atoms with Crippen LogP contribution >= 0.6 is 0 Å². The van der Waals surface area contributed by atoms with Crippen LogP contribution in [0, 0.1) is 0 Å². The van der Waals surface area contributed by atoms with E-state index >= 15 is 0 Å². The van der Waals surface area contributed by atoms with Crippen LogP contribution < -0.4 is 5.73 Å². The first-order valence-corrected chi connectivity index (χ1v) is 1.80. The molecule has 0 saturated heterocycles. The Bertz CT molecular complexity index is 117. The van der Waals surface area contributed by atoms with Crippen molar-refractivity contribution < 1.29 is 19.4 Å². The summed E-state index contributed by atoms with van der Waals surface area (Å²) in [6, 6.07) is 0. The normalized spacial score (nSPS) is 6.50. The van der Waals surface area contributed by atoms with Crippen molar-refractivity contribution in [3.63, 3.8) is 0 Å². The number of rotatable bonds is 1. The van der Waals surface area contributed by atoms with Crippen LogP contribution in [0.1, 0.15) is 0 Å². The van der Waals surface area contributed by atoms with Gasteiger partial charge in [-0.05, 0) is 0 Å². The van der Waals surface area contributed by atoms with Crippen molar-refractivity contribution in [2.75, 3.05) is 6.54 Å². The molecule has 0 atom stereocenters. The Labute approximate surface area is 102 Å². The number of carbonyl (C=O) groups is 2. The number of ether oxygens (including phenoxy) is 1. The standard InChI is InChI=1S/C3H5NO4.2Na.2H/c4-1-2(5)8-3(6)7;;;;/h1,4H2,(H,6,7);;;;. The molecule has 0 amide bonds. The van der Waals surface area contributed by atoms with E-state index in [0.717, 1.165) is 0 Å². The number of hydrogen-bond acceptors (Lipinski definition) is 4. The monoisotopic (exact) mass is 167 g/mol. The van der Waals surface area contributed by atoms with Gasteiger partial charge in [-0.3, -0.25) is 4.79 Å². The molecule has 0 bridgehead atoms. The van der Waals surface area contributed by atoms with Crippen molar-refractivity contribution in [2.24, 2.45) is 5.73 Å². The Morgan fingerprint density at radius 2 is 1.80 bits per heavy atom. The van der Waals surface area contributed by atoms with Crippen LogP contribution in [0.2, 0.25) is 0 Å². The maximum atomic E-state index is 9.89. The molecular formula is C3H7NNa2O4. The Morgan fingerprint density at radius 3 is 1.90 bits per heavy atom. The molecule has 0 aromatic rings. The first-order valence-electron chi connectivity index (χ1n) is 1.80. The third-order valence-electron chi connectivity index (χ3n) is 0.368. The Morgan fingerprint density at radius 1 is 1.40 bits per heavy atom. The molecule has 50 valence electrons. The summed E-state index contributed by atoms with van der Waals surface area (Å²) in [5.41, 5.74) is 4.68. The SMILES string of the molecule is NCC(=O)OC(=O)O.[NaH].[NaH]. The summed E-state index contributed by atoms with van der Waals surface area (Å²) < 4.78 is 3.55. The van der Waals surface area contributed by atoms with Gasteiger partial charge in [-0.15, -0.1) is 0 Å². The second-order valence-corrected chi connectivity index (χ2v) is 0.944. The van der Waals surface area contributed by atoms with E-state index in [0.29, 0.717) is 0 Å². The van der Waals surface area contributed by atoms with Gasteiger partial charge in [0.25, 0.3) is 0 Å². The van der Waals surface area contributed by atoms with Crippen molar-refractivity contribution in [2.45, 2.75) is 0 Å². The molecule has 0 aliphatic heterocycles. The van der Waals surface area contributed by atoms with Crippen molar-refractivity contribution >= 4 is 71.2 Å². The van der Waals surface area contributed by atoms with Crippen LogP contribution in [0.25, 0.3) is 0 Å². The quantitative estimate of drug-likeness (QED) is 0.264. The summed E-state index contributed by atoms with van der Waals surface area (Å²) in [5.74, 6) is -0.947. The van der Waals surface area contributed by atoms with E-state index in [9.17, 15) is 9.59 Å². The molecule has 0 aromatic heterocycles. The zero-order chi connectivity index (χ0) is 6.57. The molecule has 5 nitrogen and oxygen atoms in total. The summed E-state index contributed by atoms with van der Waals surface area (Å²) in [4.78, 5) is 19.4. The molecule has 0 aliphatic carbocycles. The average Bonchev–Trinajstić information content (AvgIpc) is 1.65. The van der Waals surface area contributed by atoms with Crippen LogP contribution in [0.3, 0.4) is 0 Å². The van der Waals surface area contributed by atoms with E-state index in [1.165, 1.54) is 0 Å². The van der Waals surface area contributed by atoms with E-state index in [-0.39, 0.29) is 59.1 Å². The molecule has 0 aromatic carbocycles. The van der Waals surface area contributed by atoms with Gasteiger partial charge < -0.3 is 15.6 Å². The second-order valence-electron chi connectivity index (χ2n) is 0.944. The number of carboxylic acid groups (broad SMARTS) is 1. The fourth-order valence-corrected chi connectivity index (χ4v) is 0.139. The molecule has 7 heteroatoms. The molecule has 0 spiro atoms. The van der Waals surface area contributed by atoms with E-state index in [1.807, 2.05) is 0 Å². The van der Waals surface area contributed by atoms with Gasteiger partial charge in [0.15, 0.2) is 0 Å². The number of esters is 1. The summed E-state index contributed by atoms with van der Waals surface area (Å²) in [5, 5.41) is 7.72. The molecule has 0 fully saturated rings. The van der Waals surface area contributed by atoms with Crippen LogP contribution in [0.4, 0.5) is 4.79 Å². The topological polar surface area (TPSA) is 89.6 Å². The third kappa shape index (κ3) is 11.7. The molecule has 0 unspecified atom stereocenters. The van der Waals surface area contributed by atoms with Gasteiger partial charge in [-0.2, -0.15) is 0 Å². The number of nitrogens with two attached hydrogens (primary N) is 1. The Balaban J connectivity index is -0.000000245. The Kier molecular flexibility index (Phi) is 16.9. The van der Waals surface area contributed by atoms with E-state index < -0.39 is 18.7 Å². The zero-order valence-electron chi connectivity index (χ0n) is 3.96. The van der Waals surface area contributed by atoms with Gasteiger partial charge in [0.1, 0.15) is 0 Å². The van der Waals surface area contributed by atoms with Gasteiger partial charge in [0, 0.05) is 0 Å². The van der Waals surface area contributed by atoms with Crippen LogP contribution in [-0.2, 0) is 9.53 Å². The summed E-state index contributed by atoms with van der Waals surface area (Å²) >= 11 is 0. The van der Waals surface area contributed by atoms with Gasteiger partial charge in [-0.1, -0.05) is 0 Å². The van der Waals surface area contributed by atoms with Crippen LogP contribution in [0.5, 0.6) is 0 Å². The fourth-order valence-electron chi connectivity index (χ4n) is 0.139. The van der Waals surface area contributed by atoms with E-state index in [2.05, 4.69) is 10.5 Å². The predicted molar refractivity (Wildman–Crippen MR) is 37.5 cm³/mol. The van der Waals surface area contributed by atoms with Crippen molar-refractivity contribution in [1.82, 2.24) is 0 Å². The van der Waals surface area contributed by atoms with Crippen molar-refractivity contribution in [3.8, 4) is 0 Å². The minimum atomic E-state index is -1.62. The minimum absolute atomic E-state index is 0. The summed E-state index contributed by atoms with van der Waals surface area (Å²) in [7, 11) is 0. The van der Waals surface area contributed by atoms with Gasteiger partial charge in [-0.25, -0.2) is 4.79 Å². The first-order chi connectivity index (χ1) is 3.66. The molecule has 0 heterocycles. The van der Waals surface area contributed by atoms with Crippen LogP contribution in [0.15, 0.2) is 0 Å². The second kappa shape index (κ2) is 9.90. The van der Waals surface area contributed by atoms with Gasteiger partial charge >= 0.3 is 71.2 Å². The average molecular weight is 167 g/mol. The van der Waals surface area contributed by atoms with E-state index in [4.69, 9.17) is 5.11 Å². The zero-order valence-corrected chi connectivity index (χ0v) is 3.96. The summed E-state index contributed by atoms with van der Waals surface area (Å²) in [6.07, 6.45) is -1.62. The first kappa shape index (κ1) is 17.1. The Hall–Kier alpha value is 0.900. The number of hydrogen-bond donors (Lipinski definition) is 2. The molecule has 10 heavy (non-hydrogen) atoms. The molecule has 0 aliphatic rings. The van der Waals surface area contributed by atoms with Crippen LogP contribution in [-0.4, -0.2) is 82.9 Å². The predicted octanol–water partition coefficient (Wildman–Crippen LogP) is -2.13. The molecule has 3 N–H and O–H groups in total. The van der Waals surface area contributed by atoms with Gasteiger partial charge in [0.05, 0.1) is 6.54 Å². The molecule has 0 radical (unpaired) electrons. The maximum absolute atomic E-state index is 9.89. The summed E-state index contributed by atoms with van der Waals surface area (Å²) in [6.45, 7) is -0.410.